The molecule has 0 aromatic heterocycles. The lowest BCUT2D eigenvalue weighted by Crippen LogP contribution is -2.42. The van der Waals surface area contributed by atoms with Crippen LogP contribution in [0.25, 0.3) is 0 Å². The number of hydrogen-bond acceptors (Lipinski definition) is 2. The molecule has 0 amide bonds. The summed E-state index contributed by atoms with van der Waals surface area (Å²) in [5, 5.41) is 0. The van der Waals surface area contributed by atoms with Crippen molar-refractivity contribution in [2.75, 3.05) is 0 Å². The van der Waals surface area contributed by atoms with Gasteiger partial charge in [0.05, 0.1) is 0 Å². The average Bonchev–Trinajstić information content (AvgIpc) is 2.62. The van der Waals surface area contributed by atoms with Gasteiger partial charge in [0.25, 0.3) is 0 Å². The number of ether oxygens (including phenoxy) is 1. The molecular weight excluding hydrogens is 314 g/mol. The largest absolute Gasteiger partial charge is 0.487 e. The Morgan fingerprint density at radius 2 is 2.20 bits per heavy atom. The van der Waals surface area contributed by atoms with E-state index in [1.54, 1.807) is 0 Å². The number of benzene rings is 1. The highest BCUT2D eigenvalue weighted by molar-refractivity contribution is 9.10. The Labute approximate surface area is 130 Å². The van der Waals surface area contributed by atoms with Crippen molar-refractivity contribution >= 4 is 15.9 Å². The van der Waals surface area contributed by atoms with E-state index >= 15 is 0 Å². The van der Waals surface area contributed by atoms with Crippen LogP contribution >= 0.6 is 15.9 Å². The van der Waals surface area contributed by atoms with Gasteiger partial charge in [0.15, 0.2) is 0 Å². The maximum atomic E-state index is 6.46. The Hall–Kier alpha value is -0.540. The molecule has 110 valence electrons. The fraction of sp³-hybridized carbons (Fsp3) is 0.647. The summed E-state index contributed by atoms with van der Waals surface area (Å²) in [7, 11) is 0. The van der Waals surface area contributed by atoms with Crippen molar-refractivity contribution in [3.8, 4) is 5.75 Å². The van der Waals surface area contributed by atoms with Gasteiger partial charge in [-0.15, -0.1) is 0 Å². The monoisotopic (exact) mass is 337 g/mol. The molecule has 20 heavy (non-hydrogen) atoms. The second-order valence-corrected chi connectivity index (χ2v) is 7.40. The van der Waals surface area contributed by atoms with Crippen molar-refractivity contribution in [2.24, 2.45) is 11.7 Å². The van der Waals surface area contributed by atoms with Crippen LogP contribution in [0.4, 0.5) is 0 Å². The molecule has 0 saturated heterocycles. The molecule has 0 bridgehead atoms. The third-order valence-corrected chi connectivity index (χ3v) is 5.61. The molecule has 3 heteroatoms. The van der Waals surface area contributed by atoms with E-state index < -0.39 is 0 Å². The van der Waals surface area contributed by atoms with Gasteiger partial charge in [-0.25, -0.2) is 0 Å². The first-order valence-corrected chi connectivity index (χ1v) is 8.65. The lowest BCUT2D eigenvalue weighted by atomic mass is 9.82. The molecule has 1 saturated carbocycles. The van der Waals surface area contributed by atoms with Crippen LogP contribution in [-0.2, 0) is 0 Å². The quantitative estimate of drug-likeness (QED) is 0.785. The summed E-state index contributed by atoms with van der Waals surface area (Å²) in [6.07, 6.45) is 8.50. The molecule has 2 aliphatic rings. The Kier molecular flexibility index (Phi) is 4.09. The normalized spacial score (nSPS) is 33.4. The van der Waals surface area contributed by atoms with Gasteiger partial charge in [0.2, 0.25) is 0 Å². The van der Waals surface area contributed by atoms with Crippen molar-refractivity contribution in [2.45, 2.75) is 63.5 Å². The first-order valence-electron chi connectivity index (χ1n) is 7.86. The number of rotatable bonds is 1. The van der Waals surface area contributed by atoms with Crippen LogP contribution in [-0.4, -0.2) is 5.60 Å². The summed E-state index contributed by atoms with van der Waals surface area (Å²) in [6.45, 7) is 2.31. The van der Waals surface area contributed by atoms with E-state index in [1.807, 2.05) is 0 Å². The predicted molar refractivity (Wildman–Crippen MR) is 85.9 cm³/mol. The SMILES string of the molecule is CCC1CCCC2(CC1)CC(N)c1cc(Br)ccc1O2. The molecule has 1 aliphatic carbocycles. The standard InChI is InChI=1S/C17H24BrNO/c1-2-12-4-3-8-17(9-7-12)11-15(19)14-10-13(18)5-6-16(14)20-17/h5-6,10,12,15H,2-4,7-9,11,19H2,1H3. The van der Waals surface area contributed by atoms with Gasteiger partial charge in [-0.05, 0) is 49.8 Å². The average molecular weight is 338 g/mol. The Bertz CT molecular complexity index is 490. The van der Waals surface area contributed by atoms with Gasteiger partial charge in [-0.2, -0.15) is 0 Å². The molecule has 2 N–H and O–H groups in total. The predicted octanol–water partition coefficient (Wildman–Crippen LogP) is 4.96. The van der Waals surface area contributed by atoms with Crippen LogP contribution in [0.15, 0.2) is 22.7 Å². The van der Waals surface area contributed by atoms with Crippen molar-refractivity contribution < 1.29 is 4.74 Å². The van der Waals surface area contributed by atoms with Crippen LogP contribution in [0.5, 0.6) is 5.75 Å². The maximum Gasteiger partial charge on any atom is 0.124 e. The molecule has 1 aliphatic heterocycles. The number of nitrogens with two attached hydrogens (primary N) is 1. The minimum absolute atomic E-state index is 0.00976. The molecule has 1 heterocycles. The van der Waals surface area contributed by atoms with E-state index in [4.69, 9.17) is 10.5 Å². The Balaban J connectivity index is 1.85. The minimum Gasteiger partial charge on any atom is -0.487 e. The lowest BCUT2D eigenvalue weighted by Gasteiger charge is -2.41. The molecule has 2 nitrogen and oxygen atoms in total. The molecule has 3 atom stereocenters. The topological polar surface area (TPSA) is 35.2 Å². The van der Waals surface area contributed by atoms with E-state index in [1.165, 1.54) is 25.7 Å². The van der Waals surface area contributed by atoms with Gasteiger partial charge in [-0.3, -0.25) is 0 Å². The zero-order valence-electron chi connectivity index (χ0n) is 12.2. The Morgan fingerprint density at radius 1 is 1.35 bits per heavy atom. The van der Waals surface area contributed by atoms with Crippen molar-refractivity contribution in [3.63, 3.8) is 0 Å². The first-order chi connectivity index (χ1) is 9.62. The third kappa shape index (κ3) is 2.75. The lowest BCUT2D eigenvalue weighted by molar-refractivity contribution is 0.0203. The van der Waals surface area contributed by atoms with Gasteiger partial charge in [-0.1, -0.05) is 35.7 Å². The molecule has 1 aromatic rings. The van der Waals surface area contributed by atoms with Gasteiger partial charge < -0.3 is 10.5 Å². The summed E-state index contributed by atoms with van der Waals surface area (Å²) < 4.78 is 7.54. The van der Waals surface area contributed by atoms with Crippen LogP contribution < -0.4 is 10.5 Å². The second kappa shape index (κ2) is 5.69. The smallest absolute Gasteiger partial charge is 0.124 e. The fourth-order valence-electron chi connectivity index (χ4n) is 3.85. The van der Waals surface area contributed by atoms with Crippen molar-refractivity contribution in [3.05, 3.63) is 28.2 Å². The highest BCUT2D eigenvalue weighted by atomic mass is 79.9. The summed E-state index contributed by atoms with van der Waals surface area (Å²) in [5.41, 5.74) is 7.58. The Morgan fingerprint density at radius 3 is 3.00 bits per heavy atom. The number of halogens is 1. The van der Waals surface area contributed by atoms with E-state index in [0.717, 1.165) is 41.0 Å². The highest BCUT2D eigenvalue weighted by Crippen LogP contribution is 2.46. The molecule has 3 rings (SSSR count). The summed E-state index contributed by atoms with van der Waals surface area (Å²) in [6, 6.07) is 6.34. The third-order valence-electron chi connectivity index (χ3n) is 5.12. The molecule has 3 unspecified atom stereocenters. The van der Waals surface area contributed by atoms with Gasteiger partial charge in [0, 0.05) is 22.5 Å². The van der Waals surface area contributed by atoms with Crippen molar-refractivity contribution in [1.82, 2.24) is 0 Å². The molecular formula is C17H24BrNO. The zero-order valence-corrected chi connectivity index (χ0v) is 13.8. The van der Waals surface area contributed by atoms with E-state index in [9.17, 15) is 0 Å². The molecule has 1 spiro atoms. The minimum atomic E-state index is -0.00976. The van der Waals surface area contributed by atoms with Gasteiger partial charge >= 0.3 is 0 Å². The number of fused-ring (bicyclic) bond motifs is 1. The second-order valence-electron chi connectivity index (χ2n) is 6.48. The van der Waals surface area contributed by atoms with Crippen LogP contribution in [0, 0.1) is 5.92 Å². The highest BCUT2D eigenvalue weighted by Gasteiger charge is 2.40. The molecule has 1 fully saturated rings. The van der Waals surface area contributed by atoms with E-state index in [2.05, 4.69) is 41.1 Å². The van der Waals surface area contributed by atoms with Gasteiger partial charge in [0.1, 0.15) is 11.4 Å². The van der Waals surface area contributed by atoms with E-state index in [0.29, 0.717) is 0 Å². The van der Waals surface area contributed by atoms with Crippen LogP contribution in [0.3, 0.4) is 0 Å². The zero-order chi connectivity index (χ0) is 14.2. The van der Waals surface area contributed by atoms with Crippen LogP contribution in [0.1, 0.15) is 63.5 Å². The molecule has 1 aromatic carbocycles. The fourth-order valence-corrected chi connectivity index (χ4v) is 4.23. The first kappa shape index (κ1) is 14.4. The van der Waals surface area contributed by atoms with Crippen molar-refractivity contribution in [1.29, 1.82) is 0 Å². The number of hydrogen-bond donors (Lipinski definition) is 1. The summed E-state index contributed by atoms with van der Waals surface area (Å²) in [4.78, 5) is 0. The van der Waals surface area contributed by atoms with Crippen LogP contribution in [0.2, 0.25) is 0 Å². The summed E-state index contributed by atoms with van der Waals surface area (Å²) in [5.74, 6) is 1.88. The summed E-state index contributed by atoms with van der Waals surface area (Å²) >= 11 is 3.52. The maximum absolute atomic E-state index is 6.46. The molecule has 0 radical (unpaired) electrons. The van der Waals surface area contributed by atoms with E-state index in [-0.39, 0.29) is 11.6 Å².